The molecule has 2 aromatic rings. The van der Waals surface area contributed by atoms with E-state index in [2.05, 4.69) is 13.0 Å². The molecular weight excluding hydrogens is 334 g/mol. The molecule has 0 aliphatic heterocycles. The third kappa shape index (κ3) is 5.04. The molecule has 0 N–H and O–H groups in total. The first-order valence-corrected chi connectivity index (χ1v) is 9.37. The molecule has 0 heterocycles. The smallest absolute Gasteiger partial charge is 0.133 e. The number of ether oxygens (including phenoxy) is 2. The second kappa shape index (κ2) is 9.13. The summed E-state index contributed by atoms with van der Waals surface area (Å²) < 4.78 is 38.8. The highest BCUT2D eigenvalue weighted by molar-refractivity contribution is 5.65. The van der Waals surface area contributed by atoms with Crippen LogP contribution in [0.2, 0.25) is 0 Å². The van der Waals surface area contributed by atoms with Crippen molar-refractivity contribution in [3.05, 3.63) is 54.1 Å². The van der Waals surface area contributed by atoms with Crippen molar-refractivity contribution < 1.29 is 18.3 Å². The molecule has 0 unspecified atom stereocenters. The topological polar surface area (TPSA) is 18.5 Å². The maximum Gasteiger partial charge on any atom is 0.133 e. The molecular formula is C22H25F2O2. The van der Waals surface area contributed by atoms with Crippen molar-refractivity contribution in [2.75, 3.05) is 13.2 Å². The van der Waals surface area contributed by atoms with Gasteiger partial charge in [-0.3, -0.25) is 0 Å². The van der Waals surface area contributed by atoms with Crippen molar-refractivity contribution >= 4 is 0 Å². The molecule has 3 rings (SSSR count). The summed E-state index contributed by atoms with van der Waals surface area (Å²) in [5.74, 6) is -0.0528. The normalized spacial score (nSPS) is 20.1. The summed E-state index contributed by atoms with van der Waals surface area (Å²) in [6.07, 6.45) is 5.81. The molecule has 1 radical (unpaired) electrons. The largest absolute Gasteiger partial charge is 0.493 e. The van der Waals surface area contributed by atoms with Gasteiger partial charge in [-0.05, 0) is 67.9 Å². The lowest BCUT2D eigenvalue weighted by atomic mass is 9.88. The predicted octanol–water partition coefficient (Wildman–Crippen LogP) is 5.80. The van der Waals surface area contributed by atoms with E-state index in [1.54, 1.807) is 18.2 Å². The first-order chi connectivity index (χ1) is 12.7. The van der Waals surface area contributed by atoms with Gasteiger partial charge in [-0.2, -0.15) is 0 Å². The van der Waals surface area contributed by atoms with E-state index in [1.165, 1.54) is 12.1 Å². The highest BCUT2D eigenvalue weighted by atomic mass is 19.1. The van der Waals surface area contributed by atoms with Crippen LogP contribution in [0, 0.1) is 23.6 Å². The number of hydrogen-bond acceptors (Lipinski definition) is 2. The Bertz CT molecular complexity index is 709. The highest BCUT2D eigenvalue weighted by Gasteiger charge is 2.22. The standard InChI is InChI=1S/C22H25F2O2/c1-2-12-25-19-9-6-16(7-10-19)15-26-20-5-3-4-17(13-20)21-11-8-18(23)14-22(21)24/h3-4,8,11,13-14,16,19H,2,6-7,9-10,12,15H2,1H3. The van der Waals surface area contributed by atoms with E-state index in [4.69, 9.17) is 9.47 Å². The van der Waals surface area contributed by atoms with E-state index in [0.717, 1.165) is 44.8 Å². The van der Waals surface area contributed by atoms with Crippen LogP contribution in [0.15, 0.2) is 36.4 Å². The Morgan fingerprint density at radius 2 is 1.88 bits per heavy atom. The number of hydrogen-bond donors (Lipinski definition) is 0. The van der Waals surface area contributed by atoms with Gasteiger partial charge in [0, 0.05) is 24.3 Å². The molecule has 0 bridgehead atoms. The fourth-order valence-corrected chi connectivity index (χ4v) is 3.38. The van der Waals surface area contributed by atoms with E-state index in [0.29, 0.717) is 35.5 Å². The van der Waals surface area contributed by atoms with Crippen LogP contribution in [0.5, 0.6) is 5.75 Å². The lowest BCUT2D eigenvalue weighted by Gasteiger charge is -2.28. The van der Waals surface area contributed by atoms with Crippen LogP contribution in [-0.2, 0) is 4.74 Å². The zero-order chi connectivity index (χ0) is 18.4. The van der Waals surface area contributed by atoms with E-state index < -0.39 is 11.6 Å². The zero-order valence-electron chi connectivity index (χ0n) is 15.1. The molecule has 0 spiro atoms. The second-order valence-corrected chi connectivity index (χ2v) is 6.89. The van der Waals surface area contributed by atoms with E-state index in [9.17, 15) is 8.78 Å². The first kappa shape index (κ1) is 18.8. The van der Waals surface area contributed by atoms with Crippen molar-refractivity contribution in [2.24, 2.45) is 5.92 Å². The Kier molecular flexibility index (Phi) is 6.62. The lowest BCUT2D eigenvalue weighted by Crippen LogP contribution is -2.25. The van der Waals surface area contributed by atoms with E-state index in [1.807, 2.05) is 0 Å². The van der Waals surface area contributed by atoms with Crippen molar-refractivity contribution in [3.8, 4) is 16.9 Å². The van der Waals surface area contributed by atoms with Crippen molar-refractivity contribution in [1.82, 2.24) is 0 Å². The quantitative estimate of drug-likeness (QED) is 0.622. The van der Waals surface area contributed by atoms with E-state index >= 15 is 0 Å². The molecule has 2 nitrogen and oxygen atoms in total. The molecule has 26 heavy (non-hydrogen) atoms. The van der Waals surface area contributed by atoms with Crippen LogP contribution in [0.4, 0.5) is 8.78 Å². The fourth-order valence-electron chi connectivity index (χ4n) is 3.38. The Hall–Kier alpha value is -1.94. The van der Waals surface area contributed by atoms with Gasteiger partial charge >= 0.3 is 0 Å². The fraction of sp³-hybridized carbons (Fsp3) is 0.455. The average molecular weight is 359 g/mol. The van der Waals surface area contributed by atoms with Crippen molar-refractivity contribution in [3.63, 3.8) is 0 Å². The molecule has 4 heteroatoms. The summed E-state index contributed by atoms with van der Waals surface area (Å²) in [6.45, 7) is 3.60. The summed E-state index contributed by atoms with van der Waals surface area (Å²) in [7, 11) is 0. The summed E-state index contributed by atoms with van der Waals surface area (Å²) in [6, 6.07) is 11.9. The van der Waals surface area contributed by atoms with Gasteiger partial charge in [0.05, 0.1) is 12.7 Å². The number of halogens is 2. The van der Waals surface area contributed by atoms with Crippen LogP contribution in [0.1, 0.15) is 39.0 Å². The monoisotopic (exact) mass is 359 g/mol. The lowest BCUT2D eigenvalue weighted by molar-refractivity contribution is 0.0132. The highest BCUT2D eigenvalue weighted by Crippen LogP contribution is 2.29. The molecule has 0 atom stereocenters. The van der Waals surface area contributed by atoms with Crippen molar-refractivity contribution in [2.45, 2.75) is 45.1 Å². The van der Waals surface area contributed by atoms with E-state index in [-0.39, 0.29) is 0 Å². The summed E-state index contributed by atoms with van der Waals surface area (Å²) in [4.78, 5) is 0. The third-order valence-corrected chi connectivity index (χ3v) is 4.84. The maximum absolute atomic E-state index is 14.0. The Morgan fingerprint density at radius 1 is 1.08 bits per heavy atom. The minimum absolute atomic E-state index is 0.360. The summed E-state index contributed by atoms with van der Waals surface area (Å²) in [5, 5.41) is 0. The van der Waals surface area contributed by atoms with Crippen LogP contribution >= 0.6 is 0 Å². The number of rotatable bonds is 7. The Balaban J connectivity index is 1.55. The summed E-state index contributed by atoms with van der Waals surface area (Å²) in [5.41, 5.74) is 1.02. The maximum atomic E-state index is 14.0. The Morgan fingerprint density at radius 3 is 2.62 bits per heavy atom. The van der Waals surface area contributed by atoms with Crippen LogP contribution in [0.3, 0.4) is 0 Å². The minimum Gasteiger partial charge on any atom is -0.493 e. The zero-order valence-corrected chi connectivity index (χ0v) is 15.1. The molecule has 0 saturated heterocycles. The third-order valence-electron chi connectivity index (χ3n) is 4.84. The molecule has 1 aliphatic carbocycles. The molecule has 2 aromatic carbocycles. The van der Waals surface area contributed by atoms with Gasteiger partial charge in [0.25, 0.3) is 0 Å². The second-order valence-electron chi connectivity index (χ2n) is 6.89. The van der Waals surface area contributed by atoms with Crippen LogP contribution in [0.25, 0.3) is 11.1 Å². The SMILES string of the molecule is CCCOC1CCC(COc2[c]ccc(-c3ccc(F)cc3F)c2)CC1. The Labute approximate surface area is 154 Å². The van der Waals surface area contributed by atoms with Gasteiger partial charge in [-0.15, -0.1) is 0 Å². The van der Waals surface area contributed by atoms with Crippen LogP contribution in [-0.4, -0.2) is 19.3 Å². The molecule has 1 aliphatic rings. The van der Waals surface area contributed by atoms with Crippen LogP contribution < -0.4 is 4.74 Å². The molecule has 139 valence electrons. The van der Waals surface area contributed by atoms with Gasteiger partial charge < -0.3 is 9.47 Å². The van der Waals surface area contributed by atoms with Crippen molar-refractivity contribution in [1.29, 1.82) is 0 Å². The molecule has 0 aromatic heterocycles. The average Bonchev–Trinajstić information content (AvgIpc) is 2.66. The predicted molar refractivity (Wildman–Crippen MR) is 98.1 cm³/mol. The summed E-state index contributed by atoms with van der Waals surface area (Å²) >= 11 is 0. The van der Waals surface area contributed by atoms with Gasteiger partial charge in [0.15, 0.2) is 0 Å². The molecule has 1 saturated carbocycles. The van der Waals surface area contributed by atoms with Gasteiger partial charge in [0.2, 0.25) is 0 Å². The van der Waals surface area contributed by atoms with Gasteiger partial charge in [-0.25, -0.2) is 8.78 Å². The minimum atomic E-state index is -0.580. The van der Waals surface area contributed by atoms with Gasteiger partial charge in [-0.1, -0.05) is 13.0 Å². The first-order valence-electron chi connectivity index (χ1n) is 9.37. The van der Waals surface area contributed by atoms with Gasteiger partial charge in [0.1, 0.15) is 17.4 Å². The number of benzene rings is 2. The molecule has 0 amide bonds. The molecule has 1 fully saturated rings.